The molecule has 1 aliphatic carbocycles. The predicted molar refractivity (Wildman–Crippen MR) is 127 cm³/mol. The molecule has 1 saturated heterocycles. The monoisotopic (exact) mass is 554 g/mol. The van der Waals surface area contributed by atoms with Gasteiger partial charge in [0.25, 0.3) is 0 Å². The van der Waals surface area contributed by atoms with Gasteiger partial charge in [0.1, 0.15) is 22.8 Å². The molecule has 0 saturated carbocycles. The van der Waals surface area contributed by atoms with E-state index < -0.39 is 23.5 Å². The van der Waals surface area contributed by atoms with Crippen LogP contribution >= 0.6 is 23.5 Å². The Hall–Kier alpha value is -2.78. The zero-order chi connectivity index (χ0) is 25.9. The maximum Gasteiger partial charge on any atom is 0.548 e. The fraction of sp³-hybridized carbons (Fsp3) is 0.0952. The molecule has 2 aromatic carbocycles. The van der Waals surface area contributed by atoms with E-state index in [0.29, 0.717) is 16.7 Å². The van der Waals surface area contributed by atoms with Gasteiger partial charge in [0, 0.05) is 28.6 Å². The average molecular weight is 554 g/mol. The second kappa shape index (κ2) is 8.66. The van der Waals surface area contributed by atoms with Crippen molar-refractivity contribution in [2.45, 2.75) is 6.92 Å². The van der Waals surface area contributed by atoms with Crippen LogP contribution in [0.2, 0.25) is 0 Å². The van der Waals surface area contributed by atoms with Crippen molar-refractivity contribution in [1.29, 1.82) is 0 Å². The smallest absolute Gasteiger partial charge is 0.497 e. The highest BCUT2D eigenvalue weighted by Gasteiger charge is 2.55. The number of benzene rings is 3. The Balaban J connectivity index is 1.68. The molecule has 2 heterocycles. The number of ether oxygens (including phenoxy) is 1. The van der Waals surface area contributed by atoms with E-state index in [4.69, 9.17) is 13.7 Å². The van der Waals surface area contributed by atoms with E-state index >= 15 is 0 Å². The first-order valence-electron chi connectivity index (χ1n) is 10.1. The van der Waals surface area contributed by atoms with E-state index in [1.165, 1.54) is 24.3 Å². The maximum atomic E-state index is 12.7. The summed E-state index contributed by atoms with van der Waals surface area (Å²) in [5.74, 6) is 0.667. The molecule has 5 rings (SSSR count). The Labute approximate surface area is 203 Å². The molecule has 2 atom stereocenters. The van der Waals surface area contributed by atoms with Crippen molar-refractivity contribution in [3.8, 4) is 33.9 Å². The lowest BCUT2D eigenvalue weighted by Crippen LogP contribution is -2.07. The van der Waals surface area contributed by atoms with Crippen molar-refractivity contribution in [3.05, 3.63) is 70.4 Å². The second-order valence-corrected chi connectivity index (χ2v) is 12.6. The molecule has 188 valence electrons. The Morgan fingerprint density at radius 2 is 1.47 bits per heavy atom. The molecule has 2 aliphatic heterocycles. The van der Waals surface area contributed by atoms with Gasteiger partial charge < -0.3 is 23.5 Å². The van der Waals surface area contributed by atoms with Crippen LogP contribution in [0.5, 0.6) is 11.5 Å². The number of rotatable bonds is 4. The van der Waals surface area contributed by atoms with Crippen LogP contribution in [0.4, 0.5) is 0 Å². The van der Waals surface area contributed by atoms with Crippen LogP contribution in [0, 0.1) is 6.92 Å². The van der Waals surface area contributed by atoms with E-state index in [1.807, 2.05) is 19.1 Å². The van der Waals surface area contributed by atoms with Gasteiger partial charge in [-0.3, -0.25) is 4.79 Å². The van der Waals surface area contributed by atoms with Crippen molar-refractivity contribution in [3.63, 3.8) is 0 Å². The van der Waals surface area contributed by atoms with Crippen LogP contribution in [-0.4, -0.2) is 16.9 Å². The fourth-order valence-corrected chi connectivity index (χ4v) is 8.70. The third-order valence-electron chi connectivity index (χ3n) is 5.20. The summed E-state index contributed by atoms with van der Waals surface area (Å²) < 4.78 is 65.0. The van der Waals surface area contributed by atoms with Crippen molar-refractivity contribution < 1.29 is 50.1 Å². The van der Waals surface area contributed by atoms with Gasteiger partial charge in [-0.2, -0.15) is 12.9 Å². The van der Waals surface area contributed by atoms with Gasteiger partial charge in [0.2, 0.25) is 0 Å². The van der Waals surface area contributed by atoms with Gasteiger partial charge in [-0.25, -0.2) is 13.7 Å². The van der Waals surface area contributed by atoms with Crippen LogP contribution in [0.1, 0.15) is 5.56 Å². The molecule has 0 amide bonds. The summed E-state index contributed by atoms with van der Waals surface area (Å²) in [6.07, 6.45) is 0. The molecule has 0 radical (unpaired) electrons. The Kier molecular flexibility index (Phi) is 5.99. The van der Waals surface area contributed by atoms with E-state index in [0.717, 1.165) is 16.7 Å². The number of hydrogen-bond donors (Lipinski definition) is 2. The Morgan fingerprint density at radius 1 is 0.806 bits per heavy atom. The van der Waals surface area contributed by atoms with Gasteiger partial charge >= 0.3 is 23.5 Å². The maximum absolute atomic E-state index is 12.7. The normalized spacial score (nSPS) is 26.2. The zero-order valence-corrected chi connectivity index (χ0v) is 21.2. The highest BCUT2D eigenvalue weighted by molar-refractivity contribution is 7.75. The van der Waals surface area contributed by atoms with Crippen LogP contribution in [0.25, 0.3) is 33.4 Å². The molecule has 1 fully saturated rings. The topological polar surface area (TPSA) is 168 Å². The van der Waals surface area contributed by atoms with Gasteiger partial charge in [-0.05, 0) is 54.4 Å². The molecule has 36 heavy (non-hydrogen) atoms. The summed E-state index contributed by atoms with van der Waals surface area (Å²) in [5, 5.41) is 0.578. The third kappa shape index (κ3) is 4.78. The minimum absolute atomic E-state index is 0.176. The van der Waals surface area contributed by atoms with Gasteiger partial charge in [0.05, 0.1) is 7.11 Å². The quantitative estimate of drug-likeness (QED) is 0.236. The highest BCUT2D eigenvalue weighted by Crippen LogP contribution is 2.79. The molecule has 15 heteroatoms. The minimum Gasteiger partial charge on any atom is -0.497 e. The first-order valence-corrected chi connectivity index (χ1v) is 14.6. The molecule has 2 aromatic rings. The van der Waals surface area contributed by atoms with E-state index in [9.17, 15) is 28.3 Å². The molecular weight excluding hydrogens is 537 g/mol. The number of fused-ring (bicyclic) bond motifs is 2. The number of hydrogen-bond acceptors (Lipinski definition) is 10. The van der Waals surface area contributed by atoms with Crippen LogP contribution in [0.15, 0.2) is 63.8 Å². The fourth-order valence-electron chi connectivity index (χ4n) is 3.83. The molecule has 0 aromatic heterocycles. The highest BCUT2D eigenvalue weighted by atomic mass is 31.3. The van der Waals surface area contributed by atoms with Crippen LogP contribution in [-0.2, 0) is 26.6 Å². The van der Waals surface area contributed by atoms with Crippen molar-refractivity contribution >= 4 is 34.4 Å². The lowest BCUT2D eigenvalue weighted by molar-refractivity contribution is 0.167. The van der Waals surface area contributed by atoms with Gasteiger partial charge in [0.15, 0.2) is 5.43 Å². The molecule has 3 aliphatic rings. The predicted octanol–water partition coefficient (Wildman–Crippen LogP) is 5.63. The first kappa shape index (κ1) is 24.9. The van der Waals surface area contributed by atoms with Crippen molar-refractivity contribution in [2.75, 3.05) is 7.11 Å². The van der Waals surface area contributed by atoms with Gasteiger partial charge in [-0.15, -0.1) is 0 Å². The third-order valence-corrected chi connectivity index (χ3v) is 10.5. The molecule has 2 N–H and O–H groups in total. The molecule has 12 nitrogen and oxygen atoms in total. The lowest BCUT2D eigenvalue weighted by atomic mass is 9.91. The molecule has 0 bridgehead atoms. The Bertz CT molecular complexity index is 1670. The summed E-state index contributed by atoms with van der Waals surface area (Å²) in [5.41, 5.74) is 2.95. The summed E-state index contributed by atoms with van der Waals surface area (Å²) in [6, 6.07) is 14.0. The summed E-state index contributed by atoms with van der Waals surface area (Å²) >= 11 is 0. The van der Waals surface area contributed by atoms with Crippen molar-refractivity contribution in [2.24, 2.45) is 0 Å². The SMILES string of the molecule is COc1ccc(-c2c3ccc(=O)cc-3oc3cc(OP4(=O)OP(=O)(O)OP(=O)(O)O4)ccc23)c(C)c1. The summed E-state index contributed by atoms with van der Waals surface area (Å²) in [6.45, 7) is 1.89. The Morgan fingerprint density at radius 3 is 2.14 bits per heavy atom. The first-order chi connectivity index (χ1) is 16.9. The number of phosphoric acid groups is 3. The van der Waals surface area contributed by atoms with Crippen LogP contribution in [0.3, 0.4) is 0 Å². The van der Waals surface area contributed by atoms with E-state index in [-0.39, 0.29) is 22.5 Å². The van der Waals surface area contributed by atoms with Crippen LogP contribution < -0.4 is 14.7 Å². The second-order valence-electron chi connectivity index (χ2n) is 7.69. The lowest BCUT2D eigenvalue weighted by Gasteiger charge is -2.26. The van der Waals surface area contributed by atoms with Gasteiger partial charge in [-0.1, -0.05) is 6.07 Å². The van der Waals surface area contributed by atoms with Crippen molar-refractivity contribution in [1.82, 2.24) is 0 Å². The van der Waals surface area contributed by atoms with E-state index in [2.05, 4.69) is 12.9 Å². The molecular formula is C21H17O12P3. The molecule has 2 unspecified atom stereocenters. The molecule has 0 spiro atoms. The average Bonchev–Trinajstić information content (AvgIpc) is 2.74. The largest absolute Gasteiger partial charge is 0.548 e. The standard InChI is InChI=1S/C21H17O12P3/c1-12-9-14(28-2)4-7-16(12)21-17-6-3-13(22)10-19(17)29-20-11-15(5-8-18(20)21)30-36(27)32-34(23,24)31-35(25,26)33-36/h3-11H,1-2H3,(H,23,24)(H,25,26). The summed E-state index contributed by atoms with van der Waals surface area (Å²) in [4.78, 5) is 30.9. The zero-order valence-electron chi connectivity index (χ0n) is 18.5. The van der Waals surface area contributed by atoms with E-state index in [1.54, 1.807) is 25.3 Å². The summed E-state index contributed by atoms with van der Waals surface area (Å²) in [7, 11) is -13.9. The number of aryl methyl sites for hydroxylation is 1. The number of methoxy groups -OCH3 is 1. The minimum atomic E-state index is -5.21.